The number of halogens is 1. The third kappa shape index (κ3) is 1.90. The van der Waals surface area contributed by atoms with E-state index in [1.165, 1.54) is 20.0 Å². The van der Waals surface area contributed by atoms with Gasteiger partial charge in [-0.3, -0.25) is 4.79 Å². The van der Waals surface area contributed by atoms with Crippen LogP contribution in [0, 0.1) is 0 Å². The first-order valence-corrected chi connectivity index (χ1v) is 4.89. The van der Waals surface area contributed by atoms with Gasteiger partial charge in [0.1, 0.15) is 5.76 Å². The zero-order valence-corrected chi connectivity index (χ0v) is 9.82. The SMILES string of the molecule is CN(C=O)C(C)(C(=O)O)c1ccc(Br)o1. The van der Waals surface area contributed by atoms with Gasteiger partial charge in [0.05, 0.1) is 0 Å². The highest BCUT2D eigenvalue weighted by molar-refractivity contribution is 9.10. The van der Waals surface area contributed by atoms with Crippen LogP contribution in [0.15, 0.2) is 21.2 Å². The molecule has 0 aliphatic heterocycles. The number of carboxylic acids is 1. The molecule has 0 saturated carbocycles. The summed E-state index contributed by atoms with van der Waals surface area (Å²) in [6.45, 7) is 1.40. The van der Waals surface area contributed by atoms with Gasteiger partial charge in [0.15, 0.2) is 10.2 Å². The van der Waals surface area contributed by atoms with E-state index in [1.54, 1.807) is 6.07 Å². The molecule has 82 valence electrons. The summed E-state index contributed by atoms with van der Waals surface area (Å²) in [5.74, 6) is -0.963. The second kappa shape index (κ2) is 4.06. The van der Waals surface area contributed by atoms with Crippen molar-refractivity contribution >= 4 is 28.3 Å². The minimum atomic E-state index is -1.49. The molecule has 1 amide bonds. The van der Waals surface area contributed by atoms with Gasteiger partial charge in [-0.15, -0.1) is 0 Å². The Labute approximate surface area is 94.8 Å². The fourth-order valence-electron chi connectivity index (χ4n) is 1.11. The molecule has 6 heteroatoms. The molecule has 15 heavy (non-hydrogen) atoms. The number of nitrogens with zero attached hydrogens (tertiary/aromatic N) is 1. The molecule has 1 heterocycles. The third-order valence-corrected chi connectivity index (χ3v) is 2.76. The van der Waals surface area contributed by atoms with Crippen molar-refractivity contribution in [2.75, 3.05) is 7.05 Å². The standard InChI is InChI=1S/C9H10BrNO4/c1-9(8(13)14,11(2)5-12)6-3-4-7(10)15-6/h3-5H,1-2H3,(H,13,14). The van der Waals surface area contributed by atoms with Crippen LogP contribution in [0.3, 0.4) is 0 Å². The average Bonchev–Trinajstić information content (AvgIpc) is 2.62. The predicted octanol–water partition coefficient (Wildman–Crippen LogP) is 1.43. The van der Waals surface area contributed by atoms with Crippen LogP contribution in [0.4, 0.5) is 0 Å². The zero-order chi connectivity index (χ0) is 11.6. The van der Waals surface area contributed by atoms with Gasteiger partial charge < -0.3 is 14.4 Å². The Kier molecular flexibility index (Phi) is 3.18. The topological polar surface area (TPSA) is 70.8 Å². The Bertz CT molecular complexity index is 389. The summed E-state index contributed by atoms with van der Waals surface area (Å²) in [7, 11) is 1.39. The van der Waals surface area contributed by atoms with Crippen molar-refractivity contribution in [3.05, 3.63) is 22.6 Å². The van der Waals surface area contributed by atoms with E-state index >= 15 is 0 Å². The van der Waals surface area contributed by atoms with Gasteiger partial charge in [0, 0.05) is 7.05 Å². The molecule has 0 aliphatic carbocycles. The van der Waals surface area contributed by atoms with Gasteiger partial charge in [-0.25, -0.2) is 4.79 Å². The molecule has 1 unspecified atom stereocenters. The third-order valence-electron chi connectivity index (χ3n) is 2.33. The fraction of sp³-hybridized carbons (Fsp3) is 0.333. The van der Waals surface area contributed by atoms with E-state index < -0.39 is 11.5 Å². The van der Waals surface area contributed by atoms with Crippen LogP contribution in [0.5, 0.6) is 0 Å². The number of likely N-dealkylation sites (N-methyl/N-ethyl adjacent to an activating group) is 1. The Hall–Kier alpha value is -1.30. The molecular weight excluding hydrogens is 266 g/mol. The molecule has 0 bridgehead atoms. The number of aliphatic carboxylic acids is 1. The first-order chi connectivity index (χ1) is 6.92. The number of carbonyl (C=O) groups is 2. The maximum Gasteiger partial charge on any atom is 0.337 e. The van der Waals surface area contributed by atoms with Crippen molar-refractivity contribution in [3.63, 3.8) is 0 Å². The summed E-state index contributed by atoms with van der Waals surface area (Å²) in [5.41, 5.74) is -1.49. The monoisotopic (exact) mass is 275 g/mol. The van der Waals surface area contributed by atoms with E-state index in [4.69, 9.17) is 9.52 Å². The van der Waals surface area contributed by atoms with Crippen LogP contribution >= 0.6 is 15.9 Å². The van der Waals surface area contributed by atoms with Gasteiger partial charge >= 0.3 is 5.97 Å². The Morgan fingerprint density at radius 3 is 2.60 bits per heavy atom. The molecule has 5 nitrogen and oxygen atoms in total. The number of hydrogen-bond acceptors (Lipinski definition) is 3. The molecule has 0 radical (unpaired) electrons. The van der Waals surface area contributed by atoms with Gasteiger partial charge in [-0.1, -0.05) is 0 Å². The lowest BCUT2D eigenvalue weighted by Gasteiger charge is -2.29. The van der Waals surface area contributed by atoms with Crippen molar-refractivity contribution in [1.29, 1.82) is 0 Å². The molecule has 0 aromatic carbocycles. The molecule has 1 atom stereocenters. The van der Waals surface area contributed by atoms with Gasteiger partial charge in [-0.2, -0.15) is 0 Å². The molecule has 0 aliphatic rings. The molecular formula is C9H10BrNO4. The molecule has 1 rings (SSSR count). The Morgan fingerprint density at radius 1 is 1.67 bits per heavy atom. The Balaban J connectivity index is 3.23. The highest BCUT2D eigenvalue weighted by atomic mass is 79.9. The van der Waals surface area contributed by atoms with Crippen molar-refractivity contribution in [2.45, 2.75) is 12.5 Å². The fourth-order valence-corrected chi connectivity index (χ4v) is 1.42. The normalized spacial score (nSPS) is 14.3. The summed E-state index contributed by atoms with van der Waals surface area (Å²) in [5, 5.41) is 9.12. The maximum atomic E-state index is 11.2. The molecule has 1 N–H and O–H groups in total. The van der Waals surface area contributed by atoms with Crippen LogP contribution in [-0.4, -0.2) is 29.4 Å². The van der Waals surface area contributed by atoms with Gasteiger partial charge in [0.25, 0.3) is 0 Å². The summed E-state index contributed by atoms with van der Waals surface area (Å²) in [6, 6.07) is 3.09. The van der Waals surface area contributed by atoms with E-state index in [2.05, 4.69) is 15.9 Å². The zero-order valence-electron chi connectivity index (χ0n) is 8.23. The van der Waals surface area contributed by atoms with Crippen LogP contribution in [-0.2, 0) is 15.1 Å². The lowest BCUT2D eigenvalue weighted by molar-refractivity contribution is -0.154. The predicted molar refractivity (Wildman–Crippen MR) is 55.2 cm³/mol. The van der Waals surface area contributed by atoms with Crippen molar-refractivity contribution in [2.24, 2.45) is 0 Å². The van der Waals surface area contributed by atoms with Gasteiger partial charge in [-0.05, 0) is 35.0 Å². The smallest absolute Gasteiger partial charge is 0.337 e. The quantitative estimate of drug-likeness (QED) is 0.844. The highest BCUT2D eigenvalue weighted by Gasteiger charge is 2.42. The van der Waals surface area contributed by atoms with E-state index in [0.29, 0.717) is 11.1 Å². The van der Waals surface area contributed by atoms with Crippen LogP contribution < -0.4 is 0 Å². The maximum absolute atomic E-state index is 11.2. The lowest BCUT2D eigenvalue weighted by Crippen LogP contribution is -2.46. The minimum absolute atomic E-state index is 0.191. The Morgan fingerprint density at radius 2 is 2.27 bits per heavy atom. The van der Waals surface area contributed by atoms with Crippen molar-refractivity contribution in [1.82, 2.24) is 4.90 Å². The van der Waals surface area contributed by atoms with Crippen LogP contribution in [0.1, 0.15) is 12.7 Å². The second-order valence-electron chi connectivity index (χ2n) is 3.20. The molecule has 0 saturated heterocycles. The number of amides is 1. The summed E-state index contributed by atoms with van der Waals surface area (Å²) in [4.78, 5) is 22.8. The first kappa shape index (κ1) is 11.8. The second-order valence-corrected chi connectivity index (χ2v) is 3.98. The van der Waals surface area contributed by atoms with Gasteiger partial charge in [0.2, 0.25) is 6.41 Å². The number of furan rings is 1. The van der Waals surface area contributed by atoms with Crippen molar-refractivity contribution < 1.29 is 19.1 Å². The number of hydrogen-bond donors (Lipinski definition) is 1. The average molecular weight is 276 g/mol. The summed E-state index contributed by atoms with van der Waals surface area (Å²) in [6.07, 6.45) is 0.449. The molecule has 0 fully saturated rings. The molecule has 1 aromatic heterocycles. The summed E-state index contributed by atoms with van der Waals surface area (Å²) < 4.78 is 5.59. The van der Waals surface area contributed by atoms with E-state index in [9.17, 15) is 9.59 Å². The molecule has 1 aromatic rings. The minimum Gasteiger partial charge on any atom is -0.479 e. The van der Waals surface area contributed by atoms with E-state index in [0.717, 1.165) is 4.90 Å². The van der Waals surface area contributed by atoms with E-state index in [1.807, 2.05) is 0 Å². The number of carbonyl (C=O) groups excluding carboxylic acids is 1. The largest absolute Gasteiger partial charge is 0.479 e. The number of rotatable bonds is 4. The molecule has 0 spiro atoms. The van der Waals surface area contributed by atoms with E-state index in [-0.39, 0.29) is 5.76 Å². The lowest BCUT2D eigenvalue weighted by atomic mass is 9.98. The van der Waals surface area contributed by atoms with Crippen molar-refractivity contribution in [3.8, 4) is 0 Å². The first-order valence-electron chi connectivity index (χ1n) is 4.10. The highest BCUT2D eigenvalue weighted by Crippen LogP contribution is 2.29. The van der Waals surface area contributed by atoms with Crippen LogP contribution in [0.25, 0.3) is 0 Å². The van der Waals surface area contributed by atoms with Crippen LogP contribution in [0.2, 0.25) is 0 Å². The summed E-state index contributed by atoms with van der Waals surface area (Å²) >= 11 is 3.08. The number of carboxylic acid groups (broad SMARTS) is 1.